The molecule has 0 aromatic heterocycles. The second kappa shape index (κ2) is 7.63. The molecule has 0 spiro atoms. The van der Waals surface area contributed by atoms with Crippen LogP contribution in [0, 0.1) is 11.3 Å². The first-order valence-electron chi connectivity index (χ1n) is 10.4. The summed E-state index contributed by atoms with van der Waals surface area (Å²) in [4.78, 5) is 16.8. The molecule has 1 aromatic rings. The number of amides is 1. The van der Waals surface area contributed by atoms with Gasteiger partial charge in [-0.25, -0.2) is 0 Å². The number of nitrogens with zero attached hydrogens (tertiary/aromatic N) is 2. The predicted molar refractivity (Wildman–Crippen MR) is 108 cm³/mol. The van der Waals surface area contributed by atoms with Crippen molar-refractivity contribution in [2.45, 2.75) is 58.1 Å². The van der Waals surface area contributed by atoms with Crippen molar-refractivity contribution in [1.82, 2.24) is 9.80 Å². The van der Waals surface area contributed by atoms with Crippen molar-refractivity contribution in [3.63, 3.8) is 0 Å². The van der Waals surface area contributed by atoms with E-state index < -0.39 is 0 Å². The van der Waals surface area contributed by atoms with Gasteiger partial charge in [0.15, 0.2) is 0 Å². The van der Waals surface area contributed by atoms with Crippen LogP contribution >= 0.6 is 11.6 Å². The highest BCUT2D eigenvalue weighted by Crippen LogP contribution is 2.46. The third kappa shape index (κ3) is 4.27. The van der Waals surface area contributed by atoms with E-state index in [4.69, 9.17) is 16.3 Å². The average molecular weight is 391 g/mol. The van der Waals surface area contributed by atoms with Crippen LogP contribution in [0.25, 0.3) is 0 Å². The van der Waals surface area contributed by atoms with Crippen LogP contribution in [0.3, 0.4) is 0 Å². The first-order valence-corrected chi connectivity index (χ1v) is 10.7. The topological polar surface area (TPSA) is 32.8 Å². The third-order valence-corrected chi connectivity index (χ3v) is 6.95. The fourth-order valence-electron chi connectivity index (χ4n) is 4.38. The Morgan fingerprint density at radius 3 is 2.67 bits per heavy atom. The fraction of sp³-hybridized carbons (Fsp3) is 0.682. The van der Waals surface area contributed by atoms with Crippen molar-refractivity contribution in [1.29, 1.82) is 0 Å². The van der Waals surface area contributed by atoms with Gasteiger partial charge >= 0.3 is 0 Å². The standard InChI is InChI=1S/C22H31ClN2O2/c1-22(8-9-22)21(26)24(2)14-16-12-18(13-16)27-19-7-5-6-17(20(19)23)15-25-10-3-4-11-25/h5-7,16,18H,3-4,8-15H2,1-2H3. The largest absolute Gasteiger partial charge is 0.489 e. The van der Waals surface area contributed by atoms with Crippen molar-refractivity contribution in [3.8, 4) is 5.75 Å². The molecule has 1 amide bonds. The molecule has 3 aliphatic rings. The number of ether oxygens (including phenoxy) is 1. The molecule has 0 bridgehead atoms. The molecule has 4 rings (SSSR count). The number of rotatable bonds is 7. The number of hydrogen-bond acceptors (Lipinski definition) is 3. The highest BCUT2D eigenvalue weighted by atomic mass is 35.5. The van der Waals surface area contributed by atoms with E-state index in [0.29, 0.717) is 11.8 Å². The summed E-state index contributed by atoms with van der Waals surface area (Å²) in [6, 6.07) is 6.13. The third-order valence-electron chi connectivity index (χ3n) is 6.52. The van der Waals surface area contributed by atoms with Gasteiger partial charge in [-0.3, -0.25) is 9.69 Å². The van der Waals surface area contributed by atoms with Crippen LogP contribution < -0.4 is 4.74 Å². The van der Waals surface area contributed by atoms with Gasteiger partial charge in [0, 0.05) is 25.6 Å². The highest BCUT2D eigenvalue weighted by molar-refractivity contribution is 6.32. The van der Waals surface area contributed by atoms with Crippen LogP contribution in [0.2, 0.25) is 5.02 Å². The molecular weight excluding hydrogens is 360 g/mol. The summed E-state index contributed by atoms with van der Waals surface area (Å²) in [5.41, 5.74) is 1.09. The lowest BCUT2D eigenvalue weighted by atomic mass is 9.81. The summed E-state index contributed by atoms with van der Waals surface area (Å²) in [6.45, 7) is 6.16. The van der Waals surface area contributed by atoms with E-state index in [2.05, 4.69) is 17.9 Å². The molecule has 0 N–H and O–H groups in total. The number of hydrogen-bond donors (Lipinski definition) is 0. The molecule has 2 saturated carbocycles. The zero-order valence-electron chi connectivity index (χ0n) is 16.5. The van der Waals surface area contributed by atoms with Gasteiger partial charge in [0.25, 0.3) is 0 Å². The zero-order valence-corrected chi connectivity index (χ0v) is 17.3. The minimum absolute atomic E-state index is 0.0717. The van der Waals surface area contributed by atoms with Crippen molar-refractivity contribution in [2.75, 3.05) is 26.7 Å². The molecule has 148 valence electrons. The molecule has 3 fully saturated rings. The van der Waals surface area contributed by atoms with E-state index >= 15 is 0 Å². The molecule has 1 aromatic carbocycles. The molecular formula is C22H31ClN2O2. The molecule has 0 atom stereocenters. The van der Waals surface area contributed by atoms with E-state index in [1.807, 2.05) is 24.1 Å². The number of benzene rings is 1. The molecule has 1 heterocycles. The monoisotopic (exact) mass is 390 g/mol. The molecule has 1 aliphatic heterocycles. The maximum atomic E-state index is 12.4. The Hall–Kier alpha value is -1.26. The fourth-order valence-corrected chi connectivity index (χ4v) is 4.61. The molecule has 27 heavy (non-hydrogen) atoms. The molecule has 2 aliphatic carbocycles. The maximum absolute atomic E-state index is 12.4. The number of halogens is 1. The van der Waals surface area contributed by atoms with Crippen LogP contribution in [0.5, 0.6) is 5.75 Å². The Labute approximate surface area is 167 Å². The summed E-state index contributed by atoms with van der Waals surface area (Å²) >= 11 is 6.63. The molecule has 4 nitrogen and oxygen atoms in total. The number of carbonyl (C=O) groups is 1. The van der Waals surface area contributed by atoms with E-state index in [1.165, 1.54) is 12.8 Å². The van der Waals surface area contributed by atoms with E-state index in [9.17, 15) is 4.79 Å². The highest BCUT2D eigenvalue weighted by Gasteiger charge is 2.47. The molecule has 0 radical (unpaired) electrons. The van der Waals surface area contributed by atoms with Gasteiger partial charge in [0.1, 0.15) is 5.75 Å². The van der Waals surface area contributed by atoms with Crippen molar-refractivity contribution >= 4 is 17.5 Å². The zero-order chi connectivity index (χ0) is 19.0. The van der Waals surface area contributed by atoms with Crippen LogP contribution in [-0.4, -0.2) is 48.5 Å². The van der Waals surface area contributed by atoms with Gasteiger partial charge in [0.05, 0.1) is 11.1 Å². The van der Waals surface area contributed by atoms with Gasteiger partial charge in [-0.05, 0) is 69.2 Å². The van der Waals surface area contributed by atoms with Crippen LogP contribution in [0.15, 0.2) is 18.2 Å². The second-order valence-electron chi connectivity index (χ2n) is 9.04. The van der Waals surface area contributed by atoms with Crippen molar-refractivity contribution in [3.05, 3.63) is 28.8 Å². The van der Waals surface area contributed by atoms with Gasteiger partial charge < -0.3 is 9.64 Å². The average Bonchev–Trinajstić information content (AvgIpc) is 3.15. The van der Waals surface area contributed by atoms with Gasteiger partial charge in [-0.1, -0.05) is 30.7 Å². The normalized spacial score (nSPS) is 26.5. The van der Waals surface area contributed by atoms with Crippen LogP contribution in [0.1, 0.15) is 51.0 Å². The Morgan fingerprint density at radius 1 is 1.30 bits per heavy atom. The second-order valence-corrected chi connectivity index (χ2v) is 9.41. The predicted octanol–water partition coefficient (Wildman–Crippen LogP) is 4.35. The summed E-state index contributed by atoms with van der Waals surface area (Å²) in [5.74, 6) is 1.66. The maximum Gasteiger partial charge on any atom is 0.228 e. The lowest BCUT2D eigenvalue weighted by molar-refractivity contribution is -0.136. The lowest BCUT2D eigenvalue weighted by Gasteiger charge is -2.38. The van der Waals surface area contributed by atoms with Gasteiger partial charge in [-0.2, -0.15) is 0 Å². The summed E-state index contributed by atoms with van der Waals surface area (Å²) in [6.07, 6.45) is 6.87. The SMILES string of the molecule is CN(CC1CC(Oc2cccc(CN3CCCC3)c2Cl)C1)C(=O)C1(C)CC1. The summed E-state index contributed by atoms with van der Waals surface area (Å²) in [7, 11) is 1.94. The lowest BCUT2D eigenvalue weighted by Crippen LogP contribution is -2.43. The van der Waals surface area contributed by atoms with Crippen molar-refractivity contribution in [2.24, 2.45) is 11.3 Å². The Morgan fingerprint density at radius 2 is 2.00 bits per heavy atom. The van der Waals surface area contributed by atoms with Crippen molar-refractivity contribution < 1.29 is 9.53 Å². The quantitative estimate of drug-likeness (QED) is 0.693. The smallest absolute Gasteiger partial charge is 0.228 e. The van der Waals surface area contributed by atoms with Gasteiger partial charge in [0.2, 0.25) is 5.91 Å². The molecule has 0 unspecified atom stereocenters. The van der Waals surface area contributed by atoms with E-state index in [1.54, 1.807) is 0 Å². The molecule has 5 heteroatoms. The first-order chi connectivity index (χ1) is 12.9. The number of likely N-dealkylation sites (tertiary alicyclic amines) is 1. The Kier molecular flexibility index (Phi) is 5.39. The van der Waals surface area contributed by atoms with E-state index in [-0.39, 0.29) is 11.5 Å². The van der Waals surface area contributed by atoms with E-state index in [0.717, 1.165) is 68.2 Å². The Bertz CT molecular complexity index is 692. The number of carbonyl (C=O) groups excluding carboxylic acids is 1. The summed E-state index contributed by atoms with van der Waals surface area (Å²) in [5, 5.41) is 0.766. The Balaban J connectivity index is 1.26. The van der Waals surface area contributed by atoms with Gasteiger partial charge in [-0.15, -0.1) is 0 Å². The van der Waals surface area contributed by atoms with Crippen LogP contribution in [0.4, 0.5) is 0 Å². The minimum atomic E-state index is -0.0717. The summed E-state index contributed by atoms with van der Waals surface area (Å²) < 4.78 is 6.18. The first kappa shape index (κ1) is 19.1. The van der Waals surface area contributed by atoms with Crippen LogP contribution in [-0.2, 0) is 11.3 Å². The minimum Gasteiger partial charge on any atom is -0.489 e. The molecule has 1 saturated heterocycles.